The maximum absolute atomic E-state index is 10.2. The Kier molecular flexibility index (Phi) is 2.45. The molecule has 11 heavy (non-hydrogen) atoms. The fourth-order valence-electron chi connectivity index (χ4n) is 0.554. The van der Waals surface area contributed by atoms with Gasteiger partial charge in [-0.05, 0) is 31.9 Å². The predicted molar refractivity (Wildman–Crippen MR) is 45.8 cm³/mol. The lowest BCUT2D eigenvalue weighted by Crippen LogP contribution is -1.92. The summed E-state index contributed by atoms with van der Waals surface area (Å²) >= 11 is 6.99. The van der Waals surface area contributed by atoms with Crippen LogP contribution in [0.3, 0.4) is 0 Å². The molecule has 1 rings (SSSR count). The summed E-state index contributed by atoms with van der Waals surface area (Å²) in [7, 11) is 0. The molecule has 0 spiro atoms. The van der Waals surface area contributed by atoms with Crippen LogP contribution in [-0.2, 0) is 0 Å². The van der Waals surface area contributed by atoms with Gasteiger partial charge in [-0.3, -0.25) is 0 Å². The summed E-state index contributed by atoms with van der Waals surface area (Å²) in [6.45, 7) is 0. The highest BCUT2D eigenvalue weighted by Crippen LogP contribution is 2.27. The Hall–Kier alpha value is -0.620. The topological polar surface area (TPSA) is 56.0 Å². The van der Waals surface area contributed by atoms with Gasteiger partial charge in [-0.2, -0.15) is 0 Å². The Morgan fingerprint density at radius 3 is 2.82 bits per heavy atom. The lowest BCUT2D eigenvalue weighted by atomic mass is 10.5. The molecule has 0 unspecified atom stereocenters. The molecule has 0 aliphatic heterocycles. The van der Waals surface area contributed by atoms with Gasteiger partial charge in [-0.25, -0.2) is 0 Å². The lowest BCUT2D eigenvalue weighted by molar-refractivity contribution is -0.392. The lowest BCUT2D eigenvalue weighted by Gasteiger charge is -1.95. The molecule has 0 aliphatic rings. The zero-order valence-corrected chi connectivity index (χ0v) is 7.67. The molecule has 0 fully saturated rings. The first kappa shape index (κ1) is 8.48. The molecule has 0 bridgehead atoms. The van der Waals surface area contributed by atoms with Crippen LogP contribution in [0.15, 0.2) is 21.6 Å². The minimum absolute atomic E-state index is 0.234. The fourth-order valence-corrected chi connectivity index (χ4v) is 1.06. The van der Waals surface area contributed by atoms with E-state index in [0.717, 1.165) is 0 Å². The molecule has 0 radical (unpaired) electrons. The van der Waals surface area contributed by atoms with Crippen LogP contribution < -0.4 is 0 Å². The summed E-state index contributed by atoms with van der Waals surface area (Å²) in [5.74, 6) is -0.234. The van der Waals surface area contributed by atoms with E-state index in [1.807, 2.05) is 0 Å². The summed E-state index contributed by atoms with van der Waals surface area (Å²) in [5, 5.41) is 10.2. The molecule has 0 saturated heterocycles. The van der Waals surface area contributed by atoms with Crippen LogP contribution in [0.2, 0.25) is 0 Å². The number of nitrogens with zero attached hydrogens (tertiary/aromatic N) is 2. The van der Waals surface area contributed by atoms with Gasteiger partial charge in [0.25, 0.3) is 0 Å². The smallest absolute Gasteiger partial charge is 0.358 e. The molecule has 1 aromatic rings. The van der Waals surface area contributed by atoms with Crippen LogP contribution in [0.4, 0.5) is 5.82 Å². The highest BCUT2D eigenvalue weighted by molar-refractivity contribution is 9.10. The van der Waals surface area contributed by atoms with E-state index in [9.17, 15) is 10.1 Å². The van der Waals surface area contributed by atoms with Crippen molar-refractivity contribution in [3.63, 3.8) is 0 Å². The Morgan fingerprint density at radius 1 is 1.73 bits per heavy atom. The summed E-state index contributed by atoms with van der Waals surface area (Å²) in [4.78, 5) is 13.5. The third kappa shape index (κ3) is 1.69. The second kappa shape index (κ2) is 3.19. The zero-order valence-electron chi connectivity index (χ0n) is 5.19. The molecule has 0 aromatic carbocycles. The Bertz CT molecular complexity index is 305. The summed E-state index contributed by atoms with van der Waals surface area (Å²) in [5.41, 5.74) is 0. The molecule has 0 aliphatic carbocycles. The molecule has 6 heteroatoms. The Balaban J connectivity index is 3.27. The van der Waals surface area contributed by atoms with E-state index in [-0.39, 0.29) is 10.7 Å². The number of hydrogen-bond acceptors (Lipinski definition) is 4. The summed E-state index contributed by atoms with van der Waals surface area (Å²) < 4.78 is 0.572. The molecule has 58 valence electrons. The quantitative estimate of drug-likeness (QED) is 0.460. The molecule has 0 saturated carbocycles. The summed E-state index contributed by atoms with van der Waals surface area (Å²) in [6.07, 6.45) is 1.35. The molecule has 0 amide bonds. The van der Waals surface area contributed by atoms with E-state index in [2.05, 4.69) is 33.5 Å². The van der Waals surface area contributed by atoms with Crippen molar-refractivity contribution in [2.75, 3.05) is 0 Å². The highest BCUT2D eigenvalue weighted by Gasteiger charge is 2.13. The first-order valence-electron chi connectivity index (χ1n) is 2.61. The third-order valence-corrected chi connectivity index (χ3v) is 2.44. The van der Waals surface area contributed by atoms with Crippen LogP contribution in [0.1, 0.15) is 0 Å². The minimum atomic E-state index is -0.576. The zero-order chi connectivity index (χ0) is 8.43. The van der Waals surface area contributed by atoms with Crippen LogP contribution in [-0.4, -0.2) is 9.91 Å². The van der Waals surface area contributed by atoms with Gasteiger partial charge >= 0.3 is 5.82 Å². The standard InChI is InChI=1S/C5H3BrN2O2S/c6-3-1-2-7-5(4(3)11)8(9)10/h1-2,11H. The number of rotatable bonds is 1. The summed E-state index contributed by atoms with van der Waals surface area (Å²) in [6, 6.07) is 1.59. The maximum Gasteiger partial charge on any atom is 0.378 e. The number of nitro groups is 1. The van der Waals surface area contributed by atoms with Crippen LogP contribution in [0, 0.1) is 10.1 Å². The molecule has 1 aromatic heterocycles. The van der Waals surface area contributed by atoms with Crippen molar-refractivity contribution in [2.45, 2.75) is 4.90 Å². The average Bonchev–Trinajstić information content (AvgIpc) is 1.94. The predicted octanol–water partition coefficient (Wildman–Crippen LogP) is 2.04. The van der Waals surface area contributed by atoms with Crippen molar-refractivity contribution in [3.05, 3.63) is 26.9 Å². The number of pyridine rings is 1. The van der Waals surface area contributed by atoms with Gasteiger partial charge < -0.3 is 10.1 Å². The van der Waals surface area contributed by atoms with Crippen LogP contribution in [0.25, 0.3) is 0 Å². The molecule has 4 nitrogen and oxygen atoms in total. The Morgan fingerprint density at radius 2 is 2.36 bits per heavy atom. The maximum atomic E-state index is 10.2. The van der Waals surface area contributed by atoms with Gasteiger partial charge in [0.2, 0.25) is 0 Å². The van der Waals surface area contributed by atoms with E-state index in [0.29, 0.717) is 4.47 Å². The molecular weight excluding hydrogens is 232 g/mol. The van der Waals surface area contributed by atoms with Gasteiger partial charge in [0.1, 0.15) is 11.1 Å². The van der Waals surface area contributed by atoms with Gasteiger partial charge in [0, 0.05) is 4.47 Å². The first-order chi connectivity index (χ1) is 5.13. The average molecular weight is 235 g/mol. The van der Waals surface area contributed by atoms with Crippen molar-refractivity contribution < 1.29 is 4.92 Å². The second-order valence-electron chi connectivity index (χ2n) is 1.72. The van der Waals surface area contributed by atoms with E-state index in [1.54, 1.807) is 6.07 Å². The van der Waals surface area contributed by atoms with Gasteiger partial charge in [0.15, 0.2) is 0 Å². The van der Waals surface area contributed by atoms with E-state index in [1.165, 1.54) is 6.20 Å². The largest absolute Gasteiger partial charge is 0.378 e. The normalized spacial score (nSPS) is 9.64. The van der Waals surface area contributed by atoms with Crippen molar-refractivity contribution in [2.24, 2.45) is 0 Å². The van der Waals surface area contributed by atoms with Gasteiger partial charge in [-0.15, -0.1) is 12.6 Å². The van der Waals surface area contributed by atoms with Gasteiger partial charge in [0.05, 0.1) is 0 Å². The number of aromatic nitrogens is 1. The number of hydrogen-bond donors (Lipinski definition) is 1. The van der Waals surface area contributed by atoms with Crippen molar-refractivity contribution in [3.8, 4) is 0 Å². The fraction of sp³-hybridized carbons (Fsp3) is 0. The van der Waals surface area contributed by atoms with Crippen molar-refractivity contribution >= 4 is 34.4 Å². The van der Waals surface area contributed by atoms with E-state index < -0.39 is 4.92 Å². The van der Waals surface area contributed by atoms with Crippen molar-refractivity contribution in [1.29, 1.82) is 0 Å². The first-order valence-corrected chi connectivity index (χ1v) is 3.85. The van der Waals surface area contributed by atoms with Crippen LogP contribution in [0.5, 0.6) is 0 Å². The van der Waals surface area contributed by atoms with E-state index >= 15 is 0 Å². The minimum Gasteiger partial charge on any atom is -0.358 e. The molecule has 0 atom stereocenters. The Labute approximate surface area is 76.3 Å². The third-order valence-electron chi connectivity index (χ3n) is 1.03. The number of thiol groups is 1. The molecule has 1 heterocycles. The van der Waals surface area contributed by atoms with Gasteiger partial charge in [-0.1, -0.05) is 0 Å². The highest BCUT2D eigenvalue weighted by atomic mass is 79.9. The molecular formula is C5H3BrN2O2S. The monoisotopic (exact) mass is 234 g/mol. The molecule has 0 N–H and O–H groups in total. The SMILES string of the molecule is O=[N+]([O-])c1nccc(Br)c1S. The number of halogens is 1. The van der Waals surface area contributed by atoms with Crippen LogP contribution >= 0.6 is 28.6 Å². The second-order valence-corrected chi connectivity index (χ2v) is 3.02. The van der Waals surface area contributed by atoms with Crippen molar-refractivity contribution in [1.82, 2.24) is 4.98 Å². The van der Waals surface area contributed by atoms with E-state index in [4.69, 9.17) is 0 Å².